The minimum Gasteiger partial charge on any atom is -0.359 e. The van der Waals surface area contributed by atoms with Gasteiger partial charge in [0.15, 0.2) is 0 Å². The topological polar surface area (TPSA) is 24.1 Å². The number of alkyl halides is 2. The molecule has 0 amide bonds. The zero-order valence-electron chi connectivity index (χ0n) is 14.2. The number of halogens is 4. The van der Waals surface area contributed by atoms with Crippen molar-refractivity contribution in [3.05, 3.63) is 77.2 Å². The first-order valence-corrected chi connectivity index (χ1v) is 9.16. The van der Waals surface area contributed by atoms with Gasteiger partial charge in [-0.15, -0.1) is 23.2 Å². The van der Waals surface area contributed by atoms with Crippen molar-refractivity contribution in [3.8, 4) is 0 Å². The van der Waals surface area contributed by atoms with Crippen LogP contribution in [0, 0.1) is 18.7 Å². The van der Waals surface area contributed by atoms with E-state index in [1.54, 1.807) is 6.07 Å². The van der Waals surface area contributed by atoms with Gasteiger partial charge in [0.2, 0.25) is 0 Å². The van der Waals surface area contributed by atoms with E-state index in [2.05, 4.69) is 23.8 Å². The van der Waals surface area contributed by atoms with Crippen molar-refractivity contribution in [2.75, 3.05) is 10.6 Å². The van der Waals surface area contributed by atoms with E-state index in [-0.39, 0.29) is 11.7 Å². The standard InChI is InChI=1S/C20H18Cl3FN2/c1-11-6-14(8-15(24)7-11)12(2)26-19-9-16(4-5-18(19)21)25-13(3)17-10-20(17,22)23/h4-9,17,25-26H,2-3,10H2,1H3. The Kier molecular flexibility index (Phi) is 5.25. The zero-order valence-corrected chi connectivity index (χ0v) is 16.4. The second-order valence-corrected chi connectivity index (χ2v) is 8.43. The van der Waals surface area contributed by atoms with Gasteiger partial charge in [-0.3, -0.25) is 0 Å². The molecule has 2 nitrogen and oxygen atoms in total. The number of rotatable bonds is 6. The van der Waals surface area contributed by atoms with E-state index < -0.39 is 4.33 Å². The SMILES string of the molecule is C=C(Nc1cc(NC(=C)C2CC2(Cl)Cl)ccc1Cl)c1cc(C)cc(F)c1. The van der Waals surface area contributed by atoms with Gasteiger partial charge in [0, 0.05) is 28.6 Å². The average Bonchev–Trinajstić information content (AvgIpc) is 3.18. The molecule has 1 fully saturated rings. The molecule has 0 bridgehead atoms. The Balaban J connectivity index is 1.75. The highest BCUT2D eigenvalue weighted by atomic mass is 35.5. The molecule has 0 aliphatic heterocycles. The Hall–Kier alpha value is -1.68. The third kappa shape index (κ3) is 4.35. The number of benzene rings is 2. The van der Waals surface area contributed by atoms with E-state index in [0.29, 0.717) is 28.4 Å². The van der Waals surface area contributed by atoms with Crippen LogP contribution in [0.25, 0.3) is 5.70 Å². The van der Waals surface area contributed by atoms with E-state index in [9.17, 15) is 4.39 Å². The fourth-order valence-electron chi connectivity index (χ4n) is 2.71. The normalized spacial score (nSPS) is 17.5. The maximum Gasteiger partial charge on any atom is 0.127 e. The lowest BCUT2D eigenvalue weighted by molar-refractivity contribution is 0.626. The van der Waals surface area contributed by atoms with Gasteiger partial charge < -0.3 is 10.6 Å². The van der Waals surface area contributed by atoms with E-state index in [1.807, 2.05) is 25.1 Å². The summed E-state index contributed by atoms with van der Waals surface area (Å²) in [6.07, 6.45) is 0.677. The average molecular weight is 412 g/mol. The van der Waals surface area contributed by atoms with Gasteiger partial charge in [0.25, 0.3) is 0 Å². The summed E-state index contributed by atoms with van der Waals surface area (Å²) >= 11 is 18.4. The third-order valence-corrected chi connectivity index (χ3v) is 5.36. The fourth-order valence-corrected chi connectivity index (χ4v) is 3.44. The summed E-state index contributed by atoms with van der Waals surface area (Å²) in [7, 11) is 0. The Morgan fingerprint density at radius 1 is 1.15 bits per heavy atom. The molecule has 0 spiro atoms. The molecule has 0 aromatic heterocycles. The maximum atomic E-state index is 13.6. The van der Waals surface area contributed by atoms with Gasteiger partial charge in [-0.1, -0.05) is 24.8 Å². The summed E-state index contributed by atoms with van der Waals surface area (Å²) in [6.45, 7) is 9.81. The van der Waals surface area contributed by atoms with Crippen molar-refractivity contribution < 1.29 is 4.39 Å². The Bertz CT molecular complexity index is 872. The van der Waals surface area contributed by atoms with Crippen LogP contribution < -0.4 is 10.6 Å². The highest BCUT2D eigenvalue weighted by Crippen LogP contribution is 2.56. The minimum absolute atomic E-state index is 0.0168. The van der Waals surface area contributed by atoms with Crippen molar-refractivity contribution in [2.24, 2.45) is 5.92 Å². The molecular formula is C20H18Cl3FN2. The summed E-state index contributed by atoms with van der Waals surface area (Å²) in [5.74, 6) is -0.293. The second-order valence-electron chi connectivity index (χ2n) is 6.48. The minimum atomic E-state index is -0.735. The van der Waals surface area contributed by atoms with Gasteiger partial charge in [0.05, 0.1) is 10.7 Å². The number of anilines is 2. The number of allylic oxidation sites excluding steroid dienone is 1. The summed E-state index contributed by atoms with van der Waals surface area (Å²) in [5.41, 5.74) is 4.22. The summed E-state index contributed by atoms with van der Waals surface area (Å²) in [6, 6.07) is 10.2. The molecule has 2 aromatic rings. The molecule has 0 radical (unpaired) electrons. The first kappa shape index (κ1) is 19.1. The molecular weight excluding hydrogens is 394 g/mol. The van der Waals surface area contributed by atoms with Crippen molar-refractivity contribution in [3.63, 3.8) is 0 Å². The molecule has 6 heteroatoms. The van der Waals surface area contributed by atoms with Crippen LogP contribution in [0.5, 0.6) is 0 Å². The summed E-state index contributed by atoms with van der Waals surface area (Å²) < 4.78 is 12.9. The molecule has 26 heavy (non-hydrogen) atoms. The molecule has 0 heterocycles. The van der Waals surface area contributed by atoms with Crippen LogP contribution >= 0.6 is 34.8 Å². The van der Waals surface area contributed by atoms with Gasteiger partial charge in [-0.2, -0.15) is 0 Å². The van der Waals surface area contributed by atoms with E-state index in [1.165, 1.54) is 12.1 Å². The first-order chi connectivity index (χ1) is 12.2. The number of hydrogen-bond acceptors (Lipinski definition) is 2. The molecule has 1 saturated carbocycles. The van der Waals surface area contributed by atoms with Crippen molar-refractivity contribution in [1.29, 1.82) is 0 Å². The van der Waals surface area contributed by atoms with Crippen LogP contribution in [0.15, 0.2) is 55.3 Å². The van der Waals surface area contributed by atoms with Crippen LogP contribution in [0.1, 0.15) is 17.5 Å². The number of nitrogens with one attached hydrogen (secondary N) is 2. The predicted octanol–water partition coefficient (Wildman–Crippen LogP) is 6.99. The Morgan fingerprint density at radius 2 is 1.85 bits per heavy atom. The highest BCUT2D eigenvalue weighted by Gasteiger charge is 2.53. The van der Waals surface area contributed by atoms with Crippen molar-refractivity contribution in [2.45, 2.75) is 17.7 Å². The van der Waals surface area contributed by atoms with E-state index in [4.69, 9.17) is 34.8 Å². The molecule has 2 N–H and O–H groups in total. The third-order valence-electron chi connectivity index (χ3n) is 4.19. The van der Waals surface area contributed by atoms with E-state index >= 15 is 0 Å². The second kappa shape index (κ2) is 7.15. The van der Waals surface area contributed by atoms with E-state index in [0.717, 1.165) is 16.9 Å². The van der Waals surface area contributed by atoms with Crippen molar-refractivity contribution >= 4 is 51.9 Å². The summed E-state index contributed by atoms with van der Waals surface area (Å²) in [4.78, 5) is 0. The Labute approximate surface area is 167 Å². The fraction of sp³-hybridized carbons (Fsp3) is 0.200. The van der Waals surface area contributed by atoms with Crippen LogP contribution in [0.4, 0.5) is 15.8 Å². The van der Waals surface area contributed by atoms with Gasteiger partial charge in [0.1, 0.15) is 10.2 Å². The lowest BCUT2D eigenvalue weighted by Gasteiger charge is -2.15. The summed E-state index contributed by atoms with van der Waals surface area (Å²) in [5, 5.41) is 6.87. The van der Waals surface area contributed by atoms with Gasteiger partial charge >= 0.3 is 0 Å². The molecule has 3 rings (SSSR count). The smallest absolute Gasteiger partial charge is 0.127 e. The number of hydrogen-bond donors (Lipinski definition) is 2. The number of aryl methyl sites for hydroxylation is 1. The lowest BCUT2D eigenvalue weighted by Crippen LogP contribution is -2.05. The maximum absolute atomic E-state index is 13.6. The van der Waals surface area contributed by atoms with Crippen LogP contribution in [0.2, 0.25) is 5.02 Å². The lowest BCUT2D eigenvalue weighted by atomic mass is 10.1. The molecule has 1 atom stereocenters. The molecule has 136 valence electrons. The van der Waals surface area contributed by atoms with Crippen molar-refractivity contribution in [1.82, 2.24) is 0 Å². The monoisotopic (exact) mass is 410 g/mol. The van der Waals surface area contributed by atoms with Gasteiger partial charge in [-0.25, -0.2) is 4.39 Å². The highest BCUT2D eigenvalue weighted by molar-refractivity contribution is 6.51. The van der Waals surface area contributed by atoms with Crippen LogP contribution in [-0.4, -0.2) is 4.33 Å². The molecule has 1 unspecified atom stereocenters. The molecule has 1 aliphatic rings. The zero-order chi connectivity index (χ0) is 19.1. The molecule has 0 saturated heterocycles. The molecule has 1 aliphatic carbocycles. The van der Waals surface area contributed by atoms with Gasteiger partial charge in [-0.05, 0) is 55.3 Å². The largest absolute Gasteiger partial charge is 0.359 e. The van der Waals surface area contributed by atoms with Crippen LogP contribution in [0.3, 0.4) is 0 Å². The predicted molar refractivity (Wildman–Crippen MR) is 111 cm³/mol. The van der Waals surface area contributed by atoms with Crippen LogP contribution in [-0.2, 0) is 0 Å². The first-order valence-electron chi connectivity index (χ1n) is 8.02. The molecule has 2 aromatic carbocycles. The quantitative estimate of drug-likeness (QED) is 0.500. The Morgan fingerprint density at radius 3 is 2.46 bits per heavy atom.